The second-order valence-corrected chi connectivity index (χ2v) is 5.70. The first-order chi connectivity index (χ1) is 10.1. The van der Waals surface area contributed by atoms with Crippen molar-refractivity contribution in [2.24, 2.45) is 0 Å². The highest BCUT2D eigenvalue weighted by atomic mass is 35.5. The van der Waals surface area contributed by atoms with E-state index in [1.165, 1.54) is 12.1 Å². The monoisotopic (exact) mass is 338 g/mol. The molecule has 1 heterocycles. The molecule has 3 nitrogen and oxygen atoms in total. The molecule has 0 radical (unpaired) electrons. The van der Waals surface area contributed by atoms with Crippen molar-refractivity contribution in [1.29, 1.82) is 0 Å². The fourth-order valence-corrected chi connectivity index (χ4v) is 3.03. The van der Waals surface area contributed by atoms with Crippen LogP contribution in [0, 0.1) is 0 Å². The largest absolute Gasteiger partial charge is 0.361 e. The van der Waals surface area contributed by atoms with Crippen molar-refractivity contribution in [2.45, 2.75) is 0 Å². The molecule has 0 spiro atoms. The number of nitrogens with one attached hydrogen (secondary N) is 2. The number of fused-ring (bicyclic) bond motifs is 1. The number of aromatic amines is 1. The number of anilines is 1. The van der Waals surface area contributed by atoms with Crippen molar-refractivity contribution < 1.29 is 4.79 Å². The molecule has 21 heavy (non-hydrogen) atoms. The Morgan fingerprint density at radius 3 is 2.48 bits per heavy atom. The smallest absolute Gasteiger partial charge is 0.257 e. The Morgan fingerprint density at radius 1 is 1.05 bits per heavy atom. The van der Waals surface area contributed by atoms with Crippen LogP contribution in [0.25, 0.3) is 10.9 Å². The molecule has 106 valence electrons. The Balaban J connectivity index is 1.99. The summed E-state index contributed by atoms with van der Waals surface area (Å²) in [5.74, 6) is -0.297. The van der Waals surface area contributed by atoms with E-state index in [0.29, 0.717) is 26.3 Å². The van der Waals surface area contributed by atoms with Gasteiger partial charge in [0, 0.05) is 16.6 Å². The zero-order chi connectivity index (χ0) is 15.0. The highest BCUT2D eigenvalue weighted by Crippen LogP contribution is 2.34. The van der Waals surface area contributed by atoms with E-state index < -0.39 is 0 Å². The van der Waals surface area contributed by atoms with Crippen LogP contribution < -0.4 is 5.32 Å². The van der Waals surface area contributed by atoms with Crippen molar-refractivity contribution in [2.75, 3.05) is 5.32 Å². The van der Waals surface area contributed by atoms with Crippen LogP contribution in [0.5, 0.6) is 0 Å². The Hall–Kier alpha value is -1.68. The maximum atomic E-state index is 12.4. The molecular formula is C15H9Cl3N2O. The maximum absolute atomic E-state index is 12.4. The van der Waals surface area contributed by atoms with Crippen LogP contribution in [-0.2, 0) is 0 Å². The summed E-state index contributed by atoms with van der Waals surface area (Å²) < 4.78 is 0. The summed E-state index contributed by atoms with van der Waals surface area (Å²) in [7, 11) is 0. The van der Waals surface area contributed by atoms with E-state index in [0.717, 1.165) is 10.9 Å². The summed E-state index contributed by atoms with van der Waals surface area (Å²) in [6.45, 7) is 0. The molecule has 2 aromatic carbocycles. The second-order valence-electron chi connectivity index (χ2n) is 4.45. The highest BCUT2D eigenvalue weighted by Gasteiger charge is 2.15. The summed E-state index contributed by atoms with van der Waals surface area (Å²) in [6, 6.07) is 10.4. The van der Waals surface area contributed by atoms with Crippen molar-refractivity contribution >= 4 is 57.3 Å². The van der Waals surface area contributed by atoms with Crippen LogP contribution in [0.1, 0.15) is 10.4 Å². The Morgan fingerprint density at radius 2 is 1.76 bits per heavy atom. The average Bonchev–Trinajstić information content (AvgIpc) is 2.90. The van der Waals surface area contributed by atoms with Crippen LogP contribution in [-0.4, -0.2) is 10.9 Å². The molecule has 0 aliphatic rings. The summed E-state index contributed by atoms with van der Waals surface area (Å²) >= 11 is 18.0. The lowest BCUT2D eigenvalue weighted by molar-refractivity contribution is 0.102. The van der Waals surface area contributed by atoms with Gasteiger partial charge in [0.25, 0.3) is 5.91 Å². The van der Waals surface area contributed by atoms with Gasteiger partial charge in [0.15, 0.2) is 0 Å². The molecule has 2 N–H and O–H groups in total. The fourth-order valence-electron chi connectivity index (χ4n) is 2.12. The normalized spacial score (nSPS) is 10.8. The molecule has 1 aromatic heterocycles. The third-order valence-electron chi connectivity index (χ3n) is 3.08. The first kappa shape index (κ1) is 14.3. The highest BCUT2D eigenvalue weighted by molar-refractivity contribution is 6.42. The van der Waals surface area contributed by atoms with Gasteiger partial charge in [0.2, 0.25) is 0 Å². The number of para-hydroxylation sites is 1. The second kappa shape index (κ2) is 5.60. The van der Waals surface area contributed by atoms with Crippen molar-refractivity contribution in [3.63, 3.8) is 0 Å². The molecule has 6 heteroatoms. The fraction of sp³-hybridized carbons (Fsp3) is 0. The van der Waals surface area contributed by atoms with Crippen LogP contribution in [0.4, 0.5) is 5.69 Å². The quantitative estimate of drug-likeness (QED) is 0.647. The van der Waals surface area contributed by atoms with Gasteiger partial charge in [0.05, 0.1) is 26.8 Å². The number of benzene rings is 2. The predicted molar refractivity (Wildman–Crippen MR) is 87.7 cm³/mol. The number of H-pyrrole nitrogens is 1. The van der Waals surface area contributed by atoms with Gasteiger partial charge >= 0.3 is 0 Å². The van der Waals surface area contributed by atoms with Gasteiger partial charge in [-0.05, 0) is 24.3 Å². The van der Waals surface area contributed by atoms with E-state index in [4.69, 9.17) is 34.8 Å². The SMILES string of the molecule is O=C(Nc1c(Cl)cc(Cl)cc1Cl)c1cccc2cc[nH]c12. The molecule has 0 bridgehead atoms. The number of amides is 1. The standard InChI is InChI=1S/C15H9Cl3N2O/c16-9-6-11(17)14(12(18)7-9)20-15(21)10-3-1-2-8-4-5-19-13(8)10/h1-7,19H,(H,20,21). The molecule has 0 atom stereocenters. The van der Waals surface area contributed by atoms with Gasteiger partial charge in [-0.25, -0.2) is 0 Å². The lowest BCUT2D eigenvalue weighted by atomic mass is 10.1. The zero-order valence-corrected chi connectivity index (χ0v) is 12.9. The lowest BCUT2D eigenvalue weighted by Gasteiger charge is -2.10. The molecule has 0 saturated heterocycles. The number of hydrogen-bond donors (Lipinski definition) is 2. The van der Waals surface area contributed by atoms with Crippen molar-refractivity contribution in [1.82, 2.24) is 4.98 Å². The van der Waals surface area contributed by atoms with Gasteiger partial charge in [-0.1, -0.05) is 46.9 Å². The minimum Gasteiger partial charge on any atom is -0.361 e. The van der Waals surface area contributed by atoms with E-state index in [2.05, 4.69) is 10.3 Å². The van der Waals surface area contributed by atoms with Crippen molar-refractivity contribution in [3.05, 3.63) is 63.2 Å². The van der Waals surface area contributed by atoms with E-state index in [9.17, 15) is 4.79 Å². The summed E-state index contributed by atoms with van der Waals surface area (Å²) in [5, 5.41) is 4.67. The minimum absolute atomic E-state index is 0.291. The Kier molecular flexibility index (Phi) is 3.81. The third-order valence-corrected chi connectivity index (χ3v) is 3.89. The van der Waals surface area contributed by atoms with Crippen LogP contribution in [0.3, 0.4) is 0 Å². The van der Waals surface area contributed by atoms with E-state index in [-0.39, 0.29) is 5.91 Å². The first-order valence-corrected chi connectivity index (χ1v) is 7.21. The third kappa shape index (κ3) is 2.72. The molecule has 3 aromatic rings. The Bertz CT molecular complexity index is 819. The van der Waals surface area contributed by atoms with Crippen LogP contribution in [0.15, 0.2) is 42.6 Å². The molecule has 0 aliphatic carbocycles. The molecule has 1 amide bonds. The van der Waals surface area contributed by atoms with Gasteiger partial charge in [-0.15, -0.1) is 0 Å². The van der Waals surface area contributed by atoms with Gasteiger partial charge < -0.3 is 10.3 Å². The van der Waals surface area contributed by atoms with Gasteiger partial charge in [0.1, 0.15) is 0 Å². The topological polar surface area (TPSA) is 44.9 Å². The molecule has 0 unspecified atom stereocenters. The van der Waals surface area contributed by atoms with Crippen LogP contribution in [0.2, 0.25) is 15.1 Å². The number of carbonyl (C=O) groups excluding carboxylic acids is 1. The molecule has 0 saturated carbocycles. The average molecular weight is 340 g/mol. The van der Waals surface area contributed by atoms with Gasteiger partial charge in [-0.2, -0.15) is 0 Å². The number of rotatable bonds is 2. The Labute approximate surface area is 135 Å². The zero-order valence-electron chi connectivity index (χ0n) is 10.6. The van der Waals surface area contributed by atoms with E-state index in [1.54, 1.807) is 12.3 Å². The number of carbonyl (C=O) groups is 1. The van der Waals surface area contributed by atoms with Crippen molar-refractivity contribution in [3.8, 4) is 0 Å². The lowest BCUT2D eigenvalue weighted by Crippen LogP contribution is -2.13. The van der Waals surface area contributed by atoms with Gasteiger partial charge in [-0.3, -0.25) is 4.79 Å². The number of hydrogen-bond acceptors (Lipinski definition) is 1. The first-order valence-electron chi connectivity index (χ1n) is 6.08. The van der Waals surface area contributed by atoms with Crippen LogP contribution >= 0.6 is 34.8 Å². The maximum Gasteiger partial charge on any atom is 0.257 e. The number of halogens is 3. The summed E-state index contributed by atoms with van der Waals surface area (Å²) in [5.41, 5.74) is 1.62. The molecular weight excluding hydrogens is 331 g/mol. The minimum atomic E-state index is -0.297. The van der Waals surface area contributed by atoms with E-state index in [1.807, 2.05) is 18.2 Å². The van der Waals surface area contributed by atoms with E-state index >= 15 is 0 Å². The molecule has 3 rings (SSSR count). The predicted octanol–water partition coefficient (Wildman–Crippen LogP) is 5.38. The number of aromatic nitrogens is 1. The molecule has 0 fully saturated rings. The summed E-state index contributed by atoms with van der Waals surface area (Å²) in [6.07, 6.45) is 1.78. The molecule has 0 aliphatic heterocycles. The summed E-state index contributed by atoms with van der Waals surface area (Å²) in [4.78, 5) is 15.5.